The summed E-state index contributed by atoms with van der Waals surface area (Å²) in [5.74, 6) is 2.44. The Hall–Kier alpha value is -0.330. The van der Waals surface area contributed by atoms with Gasteiger partial charge in [-0.2, -0.15) is 0 Å². The Morgan fingerprint density at radius 2 is 2.20 bits per heavy atom. The number of hydrogen-bond donors (Lipinski definition) is 0. The largest absolute Gasteiger partial charge is 0.245 e. The fourth-order valence-corrected chi connectivity index (χ4v) is 1.62. The van der Waals surface area contributed by atoms with Gasteiger partial charge in [0.2, 0.25) is 0 Å². The monoisotopic (exact) mass is 259 g/mol. The number of terminal acetylenes is 1. The van der Waals surface area contributed by atoms with Crippen LogP contribution in [0.1, 0.15) is 5.69 Å². The molecule has 0 aliphatic carbocycles. The summed E-state index contributed by atoms with van der Waals surface area (Å²) in [7, 11) is 0. The van der Waals surface area contributed by atoms with Gasteiger partial charge in [-0.15, -0.1) is 6.42 Å². The molecule has 0 saturated carbocycles. The van der Waals surface area contributed by atoms with Crippen LogP contribution in [-0.2, 0) is 0 Å². The number of pyridine rings is 1. The van der Waals surface area contributed by atoms with Gasteiger partial charge < -0.3 is 0 Å². The average Bonchev–Trinajstić information content (AvgIpc) is 1.88. The van der Waals surface area contributed by atoms with E-state index in [1.807, 2.05) is 6.07 Å². The third-order valence-electron chi connectivity index (χ3n) is 0.945. The summed E-state index contributed by atoms with van der Waals surface area (Å²) >= 11 is 6.54. The zero-order valence-electron chi connectivity index (χ0n) is 4.94. The molecule has 50 valence electrons. The Kier molecular flexibility index (Phi) is 2.47. The number of aromatic nitrogens is 1. The highest BCUT2D eigenvalue weighted by molar-refractivity contribution is 9.11. The molecule has 0 atom stereocenters. The van der Waals surface area contributed by atoms with Crippen LogP contribution in [-0.4, -0.2) is 4.98 Å². The zero-order chi connectivity index (χ0) is 7.56. The molecule has 0 saturated heterocycles. The number of rotatable bonds is 0. The van der Waals surface area contributed by atoms with Gasteiger partial charge in [-0.25, -0.2) is 4.98 Å². The van der Waals surface area contributed by atoms with Crippen LogP contribution >= 0.6 is 31.9 Å². The molecule has 0 bridgehead atoms. The minimum Gasteiger partial charge on any atom is -0.245 e. The van der Waals surface area contributed by atoms with Gasteiger partial charge in [-0.05, 0) is 43.8 Å². The van der Waals surface area contributed by atoms with E-state index in [2.05, 4.69) is 42.8 Å². The summed E-state index contributed by atoms with van der Waals surface area (Å²) in [6.07, 6.45) is 6.81. The minimum absolute atomic E-state index is 0.628. The second kappa shape index (κ2) is 3.18. The van der Waals surface area contributed by atoms with Crippen molar-refractivity contribution >= 4 is 31.9 Å². The number of nitrogens with zero attached hydrogens (tertiary/aromatic N) is 1. The molecule has 0 unspecified atom stereocenters. The van der Waals surface area contributed by atoms with Gasteiger partial charge in [0.1, 0.15) is 5.69 Å². The van der Waals surface area contributed by atoms with Gasteiger partial charge in [0.25, 0.3) is 0 Å². The van der Waals surface area contributed by atoms with Crippen molar-refractivity contribution in [3.05, 3.63) is 26.9 Å². The highest BCUT2D eigenvalue weighted by Gasteiger charge is 1.96. The van der Waals surface area contributed by atoms with Gasteiger partial charge in [0.05, 0.1) is 4.47 Å². The lowest BCUT2D eigenvalue weighted by Gasteiger charge is -1.93. The SMILES string of the molecule is C#Cc1ncc(Br)cc1Br. The Labute approximate surface area is 76.1 Å². The van der Waals surface area contributed by atoms with Gasteiger partial charge in [0, 0.05) is 10.7 Å². The topological polar surface area (TPSA) is 12.9 Å². The lowest BCUT2D eigenvalue weighted by atomic mass is 10.4. The predicted molar refractivity (Wildman–Crippen MR) is 47.6 cm³/mol. The Bertz CT molecular complexity index is 288. The standard InChI is InChI=1S/C7H3Br2N/c1-2-7-6(9)3-5(8)4-10-7/h1,3-4H. The molecule has 0 N–H and O–H groups in total. The summed E-state index contributed by atoms with van der Waals surface area (Å²) < 4.78 is 1.75. The van der Waals surface area contributed by atoms with Crippen LogP contribution in [0, 0.1) is 12.3 Å². The van der Waals surface area contributed by atoms with Crippen LogP contribution in [0.25, 0.3) is 0 Å². The second-order valence-corrected chi connectivity index (χ2v) is 3.40. The normalized spacial score (nSPS) is 8.90. The first kappa shape index (κ1) is 7.77. The first-order chi connectivity index (χ1) is 4.74. The molecular formula is C7H3Br2N. The molecule has 0 amide bonds. The molecule has 0 radical (unpaired) electrons. The molecule has 0 fully saturated rings. The molecule has 0 aliphatic heterocycles. The third kappa shape index (κ3) is 1.59. The van der Waals surface area contributed by atoms with Crippen molar-refractivity contribution in [2.75, 3.05) is 0 Å². The van der Waals surface area contributed by atoms with E-state index in [4.69, 9.17) is 6.42 Å². The molecule has 1 aromatic heterocycles. The van der Waals surface area contributed by atoms with E-state index in [0.717, 1.165) is 8.95 Å². The van der Waals surface area contributed by atoms with Crippen molar-refractivity contribution < 1.29 is 0 Å². The summed E-state index contributed by atoms with van der Waals surface area (Å²) in [5.41, 5.74) is 0.628. The van der Waals surface area contributed by atoms with E-state index in [1.54, 1.807) is 6.20 Å². The predicted octanol–water partition coefficient (Wildman–Crippen LogP) is 2.59. The maximum absolute atomic E-state index is 5.14. The van der Waals surface area contributed by atoms with Gasteiger partial charge >= 0.3 is 0 Å². The summed E-state index contributed by atoms with van der Waals surface area (Å²) in [6, 6.07) is 1.86. The highest BCUT2D eigenvalue weighted by Crippen LogP contribution is 2.18. The van der Waals surface area contributed by atoms with Gasteiger partial charge in [-0.3, -0.25) is 0 Å². The van der Waals surface area contributed by atoms with Crippen LogP contribution < -0.4 is 0 Å². The van der Waals surface area contributed by atoms with E-state index < -0.39 is 0 Å². The minimum atomic E-state index is 0.628. The lowest BCUT2D eigenvalue weighted by Crippen LogP contribution is -1.82. The maximum atomic E-state index is 5.14. The maximum Gasteiger partial charge on any atom is 0.127 e. The molecule has 1 nitrogen and oxygen atoms in total. The quantitative estimate of drug-likeness (QED) is 0.654. The second-order valence-electron chi connectivity index (χ2n) is 1.63. The summed E-state index contributed by atoms with van der Waals surface area (Å²) in [4.78, 5) is 3.97. The van der Waals surface area contributed by atoms with Crippen LogP contribution in [0.15, 0.2) is 21.2 Å². The Morgan fingerprint density at radius 3 is 2.70 bits per heavy atom. The van der Waals surface area contributed by atoms with Crippen LogP contribution in [0.2, 0.25) is 0 Å². The van der Waals surface area contributed by atoms with Crippen LogP contribution in [0.5, 0.6) is 0 Å². The number of halogens is 2. The van der Waals surface area contributed by atoms with Crippen LogP contribution in [0.4, 0.5) is 0 Å². The van der Waals surface area contributed by atoms with Gasteiger partial charge in [0.15, 0.2) is 0 Å². The Balaban J connectivity index is 3.23. The molecule has 1 rings (SSSR count). The van der Waals surface area contributed by atoms with Crippen molar-refractivity contribution in [2.24, 2.45) is 0 Å². The van der Waals surface area contributed by atoms with Crippen molar-refractivity contribution in [3.63, 3.8) is 0 Å². The van der Waals surface area contributed by atoms with Crippen molar-refractivity contribution in [1.29, 1.82) is 0 Å². The Morgan fingerprint density at radius 1 is 1.50 bits per heavy atom. The fraction of sp³-hybridized carbons (Fsp3) is 0. The van der Waals surface area contributed by atoms with E-state index in [0.29, 0.717) is 5.69 Å². The van der Waals surface area contributed by atoms with Crippen molar-refractivity contribution in [2.45, 2.75) is 0 Å². The lowest BCUT2D eigenvalue weighted by molar-refractivity contribution is 1.25. The van der Waals surface area contributed by atoms with Crippen molar-refractivity contribution in [1.82, 2.24) is 4.98 Å². The van der Waals surface area contributed by atoms with Crippen LogP contribution in [0.3, 0.4) is 0 Å². The molecule has 10 heavy (non-hydrogen) atoms. The van der Waals surface area contributed by atoms with E-state index >= 15 is 0 Å². The third-order valence-corrected chi connectivity index (χ3v) is 1.98. The van der Waals surface area contributed by atoms with E-state index in [1.165, 1.54) is 0 Å². The smallest absolute Gasteiger partial charge is 0.127 e. The average molecular weight is 261 g/mol. The molecule has 3 heteroatoms. The van der Waals surface area contributed by atoms with Gasteiger partial charge in [-0.1, -0.05) is 0 Å². The molecule has 1 heterocycles. The summed E-state index contributed by atoms with van der Waals surface area (Å²) in [5, 5.41) is 0. The molecule has 0 aromatic carbocycles. The molecule has 0 aliphatic rings. The summed E-state index contributed by atoms with van der Waals surface area (Å²) in [6.45, 7) is 0. The molecule has 1 aromatic rings. The first-order valence-electron chi connectivity index (χ1n) is 2.51. The van der Waals surface area contributed by atoms with E-state index in [-0.39, 0.29) is 0 Å². The number of hydrogen-bond acceptors (Lipinski definition) is 1. The zero-order valence-corrected chi connectivity index (χ0v) is 8.11. The molecular weight excluding hydrogens is 258 g/mol. The highest BCUT2D eigenvalue weighted by atomic mass is 79.9. The first-order valence-corrected chi connectivity index (χ1v) is 4.10. The van der Waals surface area contributed by atoms with E-state index in [9.17, 15) is 0 Å². The van der Waals surface area contributed by atoms with Crippen molar-refractivity contribution in [3.8, 4) is 12.3 Å². The fourth-order valence-electron chi connectivity index (χ4n) is 0.521. The molecule has 0 spiro atoms.